The van der Waals surface area contributed by atoms with Gasteiger partial charge in [0.1, 0.15) is 11.6 Å². The zero-order valence-corrected chi connectivity index (χ0v) is 21.0. The first kappa shape index (κ1) is 23.5. The van der Waals surface area contributed by atoms with E-state index in [9.17, 15) is 13.2 Å². The summed E-state index contributed by atoms with van der Waals surface area (Å²) in [6, 6.07) is 16.0. The number of carbonyl (C=O) groups is 1. The van der Waals surface area contributed by atoms with E-state index >= 15 is 0 Å². The van der Waals surface area contributed by atoms with Gasteiger partial charge in [0.15, 0.2) is 0 Å². The number of amides is 1. The van der Waals surface area contributed by atoms with E-state index in [1.165, 1.54) is 22.8 Å². The molecule has 1 aliphatic rings. The number of para-hydroxylation sites is 1. The van der Waals surface area contributed by atoms with Gasteiger partial charge in [-0.05, 0) is 56.2 Å². The lowest BCUT2D eigenvalue weighted by Crippen LogP contribution is -2.41. The summed E-state index contributed by atoms with van der Waals surface area (Å²) < 4.78 is 35.2. The molecule has 2 aromatic heterocycles. The van der Waals surface area contributed by atoms with E-state index in [4.69, 9.17) is 4.74 Å². The van der Waals surface area contributed by atoms with Gasteiger partial charge in [-0.15, -0.1) is 0 Å². The van der Waals surface area contributed by atoms with E-state index in [-0.39, 0.29) is 29.8 Å². The first-order valence-electron chi connectivity index (χ1n) is 11.2. The lowest BCUT2D eigenvalue weighted by molar-refractivity contribution is -0.120. The van der Waals surface area contributed by atoms with Gasteiger partial charge in [-0.25, -0.2) is 13.4 Å². The Bertz CT molecular complexity index is 1440. The van der Waals surface area contributed by atoms with Gasteiger partial charge >= 0.3 is 0 Å². The van der Waals surface area contributed by atoms with Crippen LogP contribution in [0.1, 0.15) is 18.5 Å². The topological polar surface area (TPSA) is 106 Å². The van der Waals surface area contributed by atoms with Crippen molar-refractivity contribution in [1.82, 2.24) is 19.1 Å². The monoisotopic (exact) mass is 511 g/mol. The van der Waals surface area contributed by atoms with Gasteiger partial charge in [-0.1, -0.05) is 23.5 Å². The van der Waals surface area contributed by atoms with Gasteiger partial charge in [-0.3, -0.25) is 4.79 Å². The first-order chi connectivity index (χ1) is 16.8. The normalized spacial score (nSPS) is 15.4. The molecule has 5 rings (SSSR count). The number of carbonyl (C=O) groups excluding carboxylic acids is 1. The van der Waals surface area contributed by atoms with Crippen molar-refractivity contribution in [2.75, 3.05) is 25.5 Å². The maximum absolute atomic E-state index is 13.1. The Morgan fingerprint density at radius 2 is 1.83 bits per heavy atom. The number of rotatable bonds is 6. The summed E-state index contributed by atoms with van der Waals surface area (Å²) >= 11 is 1.50. The minimum atomic E-state index is -3.62. The van der Waals surface area contributed by atoms with Gasteiger partial charge in [0.25, 0.3) is 0 Å². The van der Waals surface area contributed by atoms with Crippen molar-refractivity contribution >= 4 is 43.3 Å². The number of nitrogens with zero attached hydrogens (tertiary/aromatic N) is 4. The quantitative estimate of drug-likeness (QED) is 0.422. The SMILES string of the molecule is COc1ccc(S(=O)(=O)N2CCC(C(=O)Nc3cc(C)nn3-c3nc4ccccc4s3)CC2)cc1. The molecule has 1 saturated heterocycles. The Morgan fingerprint density at radius 3 is 2.51 bits per heavy atom. The first-order valence-corrected chi connectivity index (χ1v) is 13.5. The fraction of sp³-hybridized carbons (Fsp3) is 0.292. The molecule has 1 amide bonds. The molecule has 0 saturated carbocycles. The summed E-state index contributed by atoms with van der Waals surface area (Å²) in [5.74, 6) is 0.713. The highest BCUT2D eigenvalue weighted by Gasteiger charge is 2.32. The molecule has 4 aromatic rings. The molecular formula is C24H25N5O4S2. The van der Waals surface area contributed by atoms with Crippen molar-refractivity contribution in [1.29, 1.82) is 0 Å². The second-order valence-electron chi connectivity index (χ2n) is 8.39. The Labute approximate surface area is 207 Å². The van der Waals surface area contributed by atoms with Gasteiger partial charge in [0.2, 0.25) is 21.1 Å². The van der Waals surface area contributed by atoms with Crippen LogP contribution in [-0.2, 0) is 14.8 Å². The molecule has 35 heavy (non-hydrogen) atoms. The standard InChI is InChI=1S/C24H25N5O4S2/c1-16-15-22(29(27-16)24-25-20-5-3-4-6-21(20)34-24)26-23(30)17-11-13-28(14-12-17)35(31,32)19-9-7-18(33-2)8-10-19/h3-10,15,17H,11-14H2,1-2H3,(H,26,30). The number of benzene rings is 2. The van der Waals surface area contributed by atoms with E-state index in [1.807, 2.05) is 37.3 Å². The lowest BCUT2D eigenvalue weighted by Gasteiger charge is -2.30. The zero-order chi connectivity index (χ0) is 24.6. The van der Waals surface area contributed by atoms with Crippen molar-refractivity contribution in [3.63, 3.8) is 0 Å². The molecule has 0 spiro atoms. The second-order valence-corrected chi connectivity index (χ2v) is 11.3. The number of anilines is 1. The van der Waals surface area contributed by atoms with E-state index in [0.29, 0.717) is 29.5 Å². The second kappa shape index (κ2) is 9.40. The van der Waals surface area contributed by atoms with Crippen molar-refractivity contribution in [3.8, 4) is 10.9 Å². The number of thiazole rings is 1. The predicted molar refractivity (Wildman–Crippen MR) is 135 cm³/mol. The number of aryl methyl sites for hydroxylation is 1. The molecule has 1 aliphatic heterocycles. The minimum absolute atomic E-state index is 0.145. The molecule has 0 unspecified atom stereocenters. The molecule has 0 bridgehead atoms. The van der Waals surface area contributed by atoms with Crippen molar-refractivity contribution in [2.24, 2.45) is 5.92 Å². The summed E-state index contributed by atoms with van der Waals surface area (Å²) in [6.45, 7) is 2.42. The number of aromatic nitrogens is 3. The van der Waals surface area contributed by atoms with E-state index in [2.05, 4.69) is 15.4 Å². The number of sulfonamides is 1. The van der Waals surface area contributed by atoms with Crippen molar-refractivity contribution in [2.45, 2.75) is 24.7 Å². The molecular weight excluding hydrogens is 486 g/mol. The number of methoxy groups -OCH3 is 1. The van der Waals surface area contributed by atoms with Gasteiger partial charge in [-0.2, -0.15) is 14.1 Å². The molecule has 9 nitrogen and oxygen atoms in total. The number of hydrogen-bond acceptors (Lipinski definition) is 7. The third kappa shape index (κ3) is 4.66. The highest BCUT2D eigenvalue weighted by atomic mass is 32.2. The van der Waals surface area contributed by atoms with Gasteiger partial charge < -0.3 is 10.1 Å². The number of piperidine rings is 1. The Hall–Kier alpha value is -3.28. The Morgan fingerprint density at radius 1 is 1.11 bits per heavy atom. The van der Waals surface area contributed by atoms with Crippen LogP contribution < -0.4 is 10.1 Å². The number of ether oxygens (including phenoxy) is 1. The maximum atomic E-state index is 13.1. The summed E-state index contributed by atoms with van der Waals surface area (Å²) in [7, 11) is -2.09. The fourth-order valence-corrected chi connectivity index (χ4v) is 6.57. The third-order valence-electron chi connectivity index (χ3n) is 6.07. The van der Waals surface area contributed by atoms with Gasteiger partial charge in [0, 0.05) is 25.1 Å². The highest BCUT2D eigenvalue weighted by molar-refractivity contribution is 7.89. The Kier molecular flexibility index (Phi) is 6.30. The molecule has 182 valence electrons. The van der Waals surface area contributed by atoms with Crippen LogP contribution in [0.2, 0.25) is 0 Å². The molecule has 0 radical (unpaired) electrons. The summed E-state index contributed by atoms with van der Waals surface area (Å²) in [5.41, 5.74) is 1.64. The van der Waals surface area contributed by atoms with Crippen LogP contribution in [0, 0.1) is 12.8 Å². The summed E-state index contributed by atoms with van der Waals surface area (Å²) in [6.07, 6.45) is 0.880. The lowest BCUT2D eigenvalue weighted by atomic mass is 9.97. The molecule has 11 heteroatoms. The van der Waals surface area contributed by atoms with Gasteiger partial charge in [0.05, 0.1) is 27.9 Å². The highest BCUT2D eigenvalue weighted by Crippen LogP contribution is 2.29. The molecule has 2 aromatic carbocycles. The summed E-state index contributed by atoms with van der Waals surface area (Å²) in [4.78, 5) is 17.9. The number of fused-ring (bicyclic) bond motifs is 1. The smallest absolute Gasteiger partial charge is 0.243 e. The van der Waals surface area contributed by atoms with Crippen LogP contribution in [0.5, 0.6) is 5.75 Å². The van der Waals surface area contributed by atoms with Crippen LogP contribution in [0.25, 0.3) is 15.3 Å². The van der Waals surface area contributed by atoms with Crippen molar-refractivity contribution in [3.05, 3.63) is 60.3 Å². The third-order valence-corrected chi connectivity index (χ3v) is 8.99. The average molecular weight is 512 g/mol. The molecule has 3 heterocycles. The predicted octanol–water partition coefficient (Wildman–Crippen LogP) is 3.84. The number of hydrogen-bond donors (Lipinski definition) is 1. The average Bonchev–Trinajstić information content (AvgIpc) is 3.47. The van der Waals surface area contributed by atoms with E-state index < -0.39 is 10.0 Å². The summed E-state index contributed by atoms with van der Waals surface area (Å²) in [5, 5.41) is 8.18. The van der Waals surface area contributed by atoms with E-state index in [1.54, 1.807) is 28.9 Å². The van der Waals surface area contributed by atoms with E-state index in [0.717, 1.165) is 15.9 Å². The molecule has 0 atom stereocenters. The number of nitrogens with one attached hydrogen (secondary N) is 1. The Balaban J connectivity index is 1.27. The van der Waals surface area contributed by atoms with Crippen molar-refractivity contribution < 1.29 is 17.9 Å². The van der Waals surface area contributed by atoms with Crippen LogP contribution in [0.4, 0.5) is 5.82 Å². The van der Waals surface area contributed by atoms with Crippen LogP contribution >= 0.6 is 11.3 Å². The molecule has 1 fully saturated rings. The van der Waals surface area contributed by atoms with Crippen LogP contribution in [-0.4, -0.2) is 53.6 Å². The molecule has 1 N–H and O–H groups in total. The largest absolute Gasteiger partial charge is 0.497 e. The fourth-order valence-electron chi connectivity index (χ4n) is 4.17. The minimum Gasteiger partial charge on any atom is -0.497 e. The molecule has 0 aliphatic carbocycles. The van der Waals surface area contributed by atoms with Crippen LogP contribution in [0.15, 0.2) is 59.5 Å². The zero-order valence-electron chi connectivity index (χ0n) is 19.3. The van der Waals surface area contributed by atoms with Crippen LogP contribution in [0.3, 0.4) is 0 Å². The maximum Gasteiger partial charge on any atom is 0.243 e.